The molecule has 128 valence electrons. The lowest BCUT2D eigenvalue weighted by molar-refractivity contribution is 0.590. The highest BCUT2D eigenvalue weighted by Crippen LogP contribution is 2.32. The molecule has 0 fully saturated rings. The van der Waals surface area contributed by atoms with E-state index < -0.39 is 11.6 Å². The number of rotatable bonds is 4. The molecule has 0 amide bonds. The van der Waals surface area contributed by atoms with Crippen LogP contribution in [0.3, 0.4) is 0 Å². The van der Waals surface area contributed by atoms with Crippen molar-refractivity contribution in [2.75, 3.05) is 10.6 Å². The molecule has 1 aromatic heterocycles. The topological polar surface area (TPSA) is 49.8 Å². The van der Waals surface area contributed by atoms with Crippen LogP contribution in [0.25, 0.3) is 0 Å². The van der Waals surface area contributed by atoms with Crippen molar-refractivity contribution in [2.45, 2.75) is 6.92 Å². The summed E-state index contributed by atoms with van der Waals surface area (Å²) in [7, 11) is 0. The summed E-state index contributed by atoms with van der Waals surface area (Å²) in [6.45, 7) is 1.73. The van der Waals surface area contributed by atoms with Crippen LogP contribution in [0.15, 0.2) is 42.5 Å². The molecule has 0 aliphatic rings. The molecule has 2 aromatic carbocycles. The highest BCUT2D eigenvalue weighted by atomic mass is 35.5. The molecule has 0 aliphatic heterocycles. The first-order valence-electron chi connectivity index (χ1n) is 7.22. The number of nitrogens with one attached hydrogen (secondary N) is 2. The minimum Gasteiger partial charge on any atom is -0.335 e. The quantitative estimate of drug-likeness (QED) is 0.595. The third-order valence-corrected chi connectivity index (χ3v) is 3.90. The Labute approximate surface area is 152 Å². The molecule has 0 unspecified atom stereocenters. The lowest BCUT2D eigenvalue weighted by Crippen LogP contribution is -2.04. The summed E-state index contributed by atoms with van der Waals surface area (Å²) >= 11 is 12.2. The van der Waals surface area contributed by atoms with Gasteiger partial charge < -0.3 is 10.6 Å². The minimum absolute atomic E-state index is 0.189. The van der Waals surface area contributed by atoms with Crippen LogP contribution in [0.1, 0.15) is 5.69 Å². The predicted molar refractivity (Wildman–Crippen MR) is 96.2 cm³/mol. The number of anilines is 4. The van der Waals surface area contributed by atoms with E-state index in [0.717, 1.165) is 12.1 Å². The molecule has 0 bridgehead atoms. The Bertz CT molecular complexity index is 822. The zero-order valence-electron chi connectivity index (χ0n) is 12.9. The average molecular weight is 381 g/mol. The Morgan fingerprint density at radius 1 is 0.840 bits per heavy atom. The Hall–Kier alpha value is -2.44. The normalized spacial score (nSPS) is 10.6. The van der Waals surface area contributed by atoms with Crippen molar-refractivity contribution < 1.29 is 8.78 Å². The standard InChI is InChI=1S/C17H12Cl2F2N4/c1-9-8-14(23-16-12(20)6-3-7-13(16)21)24-17(22-9)25-15-10(18)4-2-5-11(15)19/h2-8H,1H3,(H2,22,23,24,25). The van der Waals surface area contributed by atoms with Gasteiger partial charge in [-0.25, -0.2) is 13.8 Å². The summed E-state index contributed by atoms with van der Waals surface area (Å²) in [5, 5.41) is 6.34. The van der Waals surface area contributed by atoms with Gasteiger partial charge in [-0.2, -0.15) is 4.98 Å². The fourth-order valence-electron chi connectivity index (χ4n) is 2.16. The number of aromatic nitrogens is 2. The van der Waals surface area contributed by atoms with Gasteiger partial charge in [0.1, 0.15) is 23.1 Å². The van der Waals surface area contributed by atoms with Crippen LogP contribution in [-0.4, -0.2) is 9.97 Å². The Kier molecular flexibility index (Phi) is 5.01. The molecular formula is C17H12Cl2F2N4. The van der Waals surface area contributed by atoms with Crippen molar-refractivity contribution in [1.82, 2.24) is 9.97 Å². The number of aryl methyl sites for hydroxylation is 1. The number of benzene rings is 2. The fraction of sp³-hybridized carbons (Fsp3) is 0.0588. The molecule has 25 heavy (non-hydrogen) atoms. The van der Waals surface area contributed by atoms with Gasteiger partial charge in [0.2, 0.25) is 5.95 Å². The molecule has 0 radical (unpaired) electrons. The van der Waals surface area contributed by atoms with E-state index in [1.807, 2.05) is 0 Å². The fourth-order valence-corrected chi connectivity index (χ4v) is 2.65. The summed E-state index contributed by atoms with van der Waals surface area (Å²) < 4.78 is 27.6. The Balaban J connectivity index is 1.93. The smallest absolute Gasteiger partial charge is 0.229 e. The molecule has 2 N–H and O–H groups in total. The minimum atomic E-state index is -0.722. The van der Waals surface area contributed by atoms with Gasteiger partial charge >= 0.3 is 0 Å². The second-order valence-electron chi connectivity index (χ2n) is 5.16. The average Bonchev–Trinajstić information content (AvgIpc) is 2.54. The van der Waals surface area contributed by atoms with Crippen molar-refractivity contribution in [1.29, 1.82) is 0 Å². The van der Waals surface area contributed by atoms with E-state index in [1.165, 1.54) is 6.07 Å². The monoisotopic (exact) mass is 380 g/mol. The number of halogens is 4. The van der Waals surface area contributed by atoms with Crippen molar-refractivity contribution in [3.8, 4) is 0 Å². The zero-order valence-corrected chi connectivity index (χ0v) is 14.5. The van der Waals surface area contributed by atoms with Gasteiger partial charge in [-0.05, 0) is 31.2 Å². The van der Waals surface area contributed by atoms with E-state index in [9.17, 15) is 8.78 Å². The zero-order chi connectivity index (χ0) is 18.0. The molecular weight excluding hydrogens is 369 g/mol. The molecule has 3 aromatic rings. The molecule has 0 saturated carbocycles. The first kappa shape index (κ1) is 17.4. The maximum Gasteiger partial charge on any atom is 0.229 e. The van der Waals surface area contributed by atoms with Crippen LogP contribution < -0.4 is 10.6 Å². The summed E-state index contributed by atoms with van der Waals surface area (Å²) in [6.07, 6.45) is 0. The highest BCUT2D eigenvalue weighted by Gasteiger charge is 2.12. The molecule has 3 rings (SSSR count). The summed E-state index contributed by atoms with van der Waals surface area (Å²) in [6, 6.07) is 10.2. The van der Waals surface area contributed by atoms with Crippen molar-refractivity contribution in [3.63, 3.8) is 0 Å². The van der Waals surface area contributed by atoms with Gasteiger partial charge in [0.15, 0.2) is 0 Å². The number of nitrogens with zero attached hydrogens (tertiary/aromatic N) is 2. The SMILES string of the molecule is Cc1cc(Nc2c(F)cccc2F)nc(Nc2c(Cl)cccc2Cl)n1. The summed E-state index contributed by atoms with van der Waals surface area (Å²) in [4.78, 5) is 8.44. The van der Waals surface area contributed by atoms with E-state index in [4.69, 9.17) is 23.2 Å². The van der Waals surface area contributed by atoms with E-state index in [1.54, 1.807) is 31.2 Å². The van der Waals surface area contributed by atoms with Crippen molar-refractivity contribution >= 4 is 46.3 Å². The van der Waals surface area contributed by atoms with Crippen LogP contribution in [0, 0.1) is 18.6 Å². The van der Waals surface area contributed by atoms with E-state index in [-0.39, 0.29) is 17.5 Å². The van der Waals surface area contributed by atoms with Gasteiger partial charge in [-0.3, -0.25) is 0 Å². The third kappa shape index (κ3) is 3.97. The van der Waals surface area contributed by atoms with Gasteiger partial charge in [-0.15, -0.1) is 0 Å². The molecule has 0 saturated heterocycles. The van der Waals surface area contributed by atoms with Gasteiger partial charge in [0, 0.05) is 11.8 Å². The lowest BCUT2D eigenvalue weighted by Gasteiger charge is -2.12. The second kappa shape index (κ2) is 7.21. The third-order valence-electron chi connectivity index (χ3n) is 3.27. The maximum atomic E-state index is 13.8. The lowest BCUT2D eigenvalue weighted by atomic mass is 10.3. The number of para-hydroxylation sites is 2. The maximum absolute atomic E-state index is 13.8. The largest absolute Gasteiger partial charge is 0.335 e. The molecule has 0 spiro atoms. The van der Waals surface area contributed by atoms with Crippen molar-refractivity contribution in [3.05, 3.63) is 69.8 Å². The van der Waals surface area contributed by atoms with E-state index in [0.29, 0.717) is 21.4 Å². The highest BCUT2D eigenvalue weighted by molar-refractivity contribution is 6.39. The van der Waals surface area contributed by atoms with Crippen LogP contribution in [-0.2, 0) is 0 Å². The molecule has 0 aliphatic carbocycles. The van der Waals surface area contributed by atoms with E-state index >= 15 is 0 Å². The summed E-state index contributed by atoms with van der Waals surface area (Å²) in [5.41, 5.74) is 0.738. The summed E-state index contributed by atoms with van der Waals surface area (Å²) in [5.74, 6) is -1.03. The number of hydrogen-bond donors (Lipinski definition) is 2. The van der Waals surface area contributed by atoms with Crippen molar-refractivity contribution in [2.24, 2.45) is 0 Å². The second-order valence-corrected chi connectivity index (χ2v) is 5.98. The van der Waals surface area contributed by atoms with Crippen LogP contribution in [0.2, 0.25) is 10.0 Å². The van der Waals surface area contributed by atoms with Gasteiger partial charge in [0.25, 0.3) is 0 Å². The molecule has 1 heterocycles. The predicted octanol–water partition coefficient (Wildman–Crippen LogP) is 5.86. The molecule has 8 heteroatoms. The van der Waals surface area contributed by atoms with Crippen LogP contribution >= 0.6 is 23.2 Å². The van der Waals surface area contributed by atoms with Gasteiger partial charge in [-0.1, -0.05) is 35.3 Å². The molecule has 0 atom stereocenters. The Morgan fingerprint density at radius 3 is 2.08 bits per heavy atom. The number of hydrogen-bond acceptors (Lipinski definition) is 4. The Morgan fingerprint density at radius 2 is 1.44 bits per heavy atom. The van der Waals surface area contributed by atoms with E-state index in [2.05, 4.69) is 20.6 Å². The van der Waals surface area contributed by atoms with Gasteiger partial charge in [0.05, 0.1) is 15.7 Å². The first-order valence-corrected chi connectivity index (χ1v) is 7.97. The molecule has 4 nitrogen and oxygen atoms in total. The van der Waals surface area contributed by atoms with Crippen LogP contribution in [0.4, 0.5) is 31.9 Å². The van der Waals surface area contributed by atoms with Crippen LogP contribution in [0.5, 0.6) is 0 Å². The first-order chi connectivity index (χ1) is 11.9.